The first-order valence-electron chi connectivity index (χ1n) is 6.82. The quantitative estimate of drug-likeness (QED) is 0.632. The molecule has 3 rings (SSSR count). The molecule has 0 amide bonds. The van der Waals surface area contributed by atoms with E-state index in [0.29, 0.717) is 0 Å². The third-order valence-corrected chi connectivity index (χ3v) is 4.96. The van der Waals surface area contributed by atoms with E-state index >= 15 is 0 Å². The van der Waals surface area contributed by atoms with Gasteiger partial charge in [0.05, 0.1) is 0 Å². The first-order valence-corrected chi connectivity index (χ1v) is 6.82. The summed E-state index contributed by atoms with van der Waals surface area (Å²) in [4.78, 5) is 0. The Morgan fingerprint density at radius 3 is 2.25 bits per heavy atom. The zero-order valence-corrected chi connectivity index (χ0v) is 10.3. The van der Waals surface area contributed by atoms with Crippen LogP contribution in [0.5, 0.6) is 0 Å². The van der Waals surface area contributed by atoms with Crippen LogP contribution in [0.1, 0.15) is 56.9 Å². The van der Waals surface area contributed by atoms with E-state index in [-0.39, 0.29) is 0 Å². The van der Waals surface area contributed by atoms with Gasteiger partial charge < -0.3 is 0 Å². The fourth-order valence-corrected chi connectivity index (χ4v) is 3.73. The highest BCUT2D eigenvalue weighted by molar-refractivity contribution is 5.23. The minimum absolute atomic E-state index is 0.757. The van der Waals surface area contributed by atoms with E-state index in [1.807, 2.05) is 0 Å². The molecule has 0 aliphatic heterocycles. The van der Waals surface area contributed by atoms with Crippen LogP contribution in [-0.2, 0) is 0 Å². The molecule has 0 N–H and O–H groups in total. The van der Waals surface area contributed by atoms with E-state index in [9.17, 15) is 0 Å². The lowest BCUT2D eigenvalue weighted by molar-refractivity contribution is 0.0368. The van der Waals surface area contributed by atoms with Crippen LogP contribution >= 0.6 is 0 Å². The molecular weight excluding hydrogens is 192 g/mol. The molecule has 0 aromatic heterocycles. The molecule has 2 aliphatic carbocycles. The van der Waals surface area contributed by atoms with Crippen molar-refractivity contribution < 1.29 is 0 Å². The maximum absolute atomic E-state index is 2.42. The van der Waals surface area contributed by atoms with E-state index in [1.54, 1.807) is 5.56 Å². The van der Waals surface area contributed by atoms with Crippen molar-refractivity contribution in [1.29, 1.82) is 0 Å². The van der Waals surface area contributed by atoms with Crippen molar-refractivity contribution in [2.24, 2.45) is 11.3 Å². The fourth-order valence-electron chi connectivity index (χ4n) is 3.73. The van der Waals surface area contributed by atoms with Crippen LogP contribution in [0.4, 0.5) is 0 Å². The monoisotopic (exact) mass is 214 g/mol. The molecule has 0 unspecified atom stereocenters. The van der Waals surface area contributed by atoms with E-state index in [1.165, 1.54) is 38.5 Å². The minimum Gasteiger partial charge on any atom is -0.0625 e. The van der Waals surface area contributed by atoms with Gasteiger partial charge in [0.1, 0.15) is 0 Å². The Morgan fingerprint density at radius 1 is 1.00 bits per heavy atom. The Kier molecular flexibility index (Phi) is 2.53. The third-order valence-electron chi connectivity index (χ3n) is 4.96. The average Bonchev–Trinajstić information content (AvgIpc) is 2.29. The standard InChI is InChI=1S/C16H22/c1-13-7-9-16(10-8-13)11-15(12-16)14-5-3-2-4-6-14/h2-6,13,15H,7-12H2,1H3. The van der Waals surface area contributed by atoms with E-state index in [2.05, 4.69) is 37.3 Å². The normalized spacial score (nSPS) is 38.3. The summed E-state index contributed by atoms with van der Waals surface area (Å²) < 4.78 is 0. The zero-order chi connectivity index (χ0) is 11.0. The Morgan fingerprint density at radius 2 is 1.62 bits per heavy atom. The van der Waals surface area contributed by atoms with Gasteiger partial charge in [-0.05, 0) is 48.5 Å². The van der Waals surface area contributed by atoms with Crippen LogP contribution in [0.2, 0.25) is 0 Å². The number of hydrogen-bond donors (Lipinski definition) is 0. The second kappa shape index (κ2) is 3.91. The summed E-state index contributed by atoms with van der Waals surface area (Å²) >= 11 is 0. The van der Waals surface area contributed by atoms with Crippen molar-refractivity contribution in [3.05, 3.63) is 35.9 Å². The van der Waals surface area contributed by atoms with Crippen molar-refractivity contribution in [2.45, 2.75) is 51.4 Å². The van der Waals surface area contributed by atoms with Crippen LogP contribution < -0.4 is 0 Å². The maximum atomic E-state index is 2.42. The minimum atomic E-state index is 0.757. The van der Waals surface area contributed by atoms with Gasteiger partial charge in [0.2, 0.25) is 0 Å². The van der Waals surface area contributed by atoms with Gasteiger partial charge in [-0.15, -0.1) is 0 Å². The Hall–Kier alpha value is -0.780. The molecule has 0 saturated heterocycles. The molecule has 0 radical (unpaired) electrons. The van der Waals surface area contributed by atoms with E-state index in [0.717, 1.165) is 17.3 Å². The molecule has 1 spiro atoms. The number of benzene rings is 1. The predicted octanol–water partition coefficient (Wildman–Crippen LogP) is 4.76. The summed E-state index contributed by atoms with van der Waals surface area (Å²) in [5.74, 6) is 1.86. The molecule has 16 heavy (non-hydrogen) atoms. The molecular formula is C16H22. The number of hydrogen-bond acceptors (Lipinski definition) is 0. The summed E-state index contributed by atoms with van der Waals surface area (Å²) in [6.07, 6.45) is 8.87. The Labute approximate surface area is 99.1 Å². The lowest BCUT2D eigenvalue weighted by Crippen LogP contribution is -2.38. The number of rotatable bonds is 1. The predicted molar refractivity (Wildman–Crippen MR) is 68.5 cm³/mol. The van der Waals surface area contributed by atoms with Gasteiger partial charge in [-0.3, -0.25) is 0 Å². The second-order valence-electron chi connectivity index (χ2n) is 6.20. The van der Waals surface area contributed by atoms with Gasteiger partial charge in [-0.25, -0.2) is 0 Å². The molecule has 0 heteroatoms. The fraction of sp³-hybridized carbons (Fsp3) is 0.625. The van der Waals surface area contributed by atoms with Crippen molar-refractivity contribution in [3.63, 3.8) is 0 Å². The first kappa shape index (κ1) is 10.4. The van der Waals surface area contributed by atoms with Gasteiger partial charge in [0.25, 0.3) is 0 Å². The van der Waals surface area contributed by atoms with Gasteiger partial charge in [-0.2, -0.15) is 0 Å². The SMILES string of the molecule is CC1CCC2(CC1)CC(c1ccccc1)C2. The Bertz CT molecular complexity index is 336. The van der Waals surface area contributed by atoms with Crippen molar-refractivity contribution in [1.82, 2.24) is 0 Å². The summed E-state index contributed by atoms with van der Waals surface area (Å²) in [7, 11) is 0. The van der Waals surface area contributed by atoms with Crippen LogP contribution in [-0.4, -0.2) is 0 Å². The van der Waals surface area contributed by atoms with Gasteiger partial charge >= 0.3 is 0 Å². The van der Waals surface area contributed by atoms with Crippen LogP contribution in [0.3, 0.4) is 0 Å². The molecule has 2 fully saturated rings. The zero-order valence-electron chi connectivity index (χ0n) is 10.3. The van der Waals surface area contributed by atoms with Crippen LogP contribution in [0.25, 0.3) is 0 Å². The molecule has 0 bridgehead atoms. The molecule has 86 valence electrons. The van der Waals surface area contributed by atoms with E-state index < -0.39 is 0 Å². The largest absolute Gasteiger partial charge is 0.0625 e. The lowest BCUT2D eigenvalue weighted by atomic mass is 9.53. The van der Waals surface area contributed by atoms with E-state index in [4.69, 9.17) is 0 Å². The van der Waals surface area contributed by atoms with Gasteiger partial charge in [0, 0.05) is 0 Å². The summed E-state index contributed by atoms with van der Waals surface area (Å²) in [6.45, 7) is 2.42. The van der Waals surface area contributed by atoms with Crippen molar-refractivity contribution in [2.75, 3.05) is 0 Å². The second-order valence-corrected chi connectivity index (χ2v) is 6.20. The highest BCUT2D eigenvalue weighted by Gasteiger charge is 2.45. The molecule has 0 heterocycles. The topological polar surface area (TPSA) is 0 Å². The van der Waals surface area contributed by atoms with Crippen molar-refractivity contribution in [3.8, 4) is 0 Å². The molecule has 0 nitrogen and oxygen atoms in total. The van der Waals surface area contributed by atoms with Gasteiger partial charge in [0.15, 0.2) is 0 Å². The van der Waals surface area contributed by atoms with Crippen LogP contribution in [0.15, 0.2) is 30.3 Å². The summed E-state index contributed by atoms with van der Waals surface area (Å²) in [5, 5.41) is 0. The highest BCUT2D eigenvalue weighted by Crippen LogP contribution is 2.58. The average molecular weight is 214 g/mol. The summed E-state index contributed by atoms with van der Waals surface area (Å²) in [6, 6.07) is 11.1. The maximum Gasteiger partial charge on any atom is -0.0151 e. The molecule has 2 saturated carbocycles. The molecule has 1 aromatic carbocycles. The first-order chi connectivity index (χ1) is 7.77. The van der Waals surface area contributed by atoms with Crippen LogP contribution in [0, 0.1) is 11.3 Å². The highest BCUT2D eigenvalue weighted by atomic mass is 14.5. The summed E-state index contributed by atoms with van der Waals surface area (Å²) in [5.41, 5.74) is 2.33. The molecule has 0 atom stereocenters. The molecule has 1 aromatic rings. The third kappa shape index (κ3) is 1.79. The smallest absolute Gasteiger partial charge is 0.0151 e. The van der Waals surface area contributed by atoms with Crippen molar-refractivity contribution >= 4 is 0 Å². The Balaban J connectivity index is 1.62. The lowest BCUT2D eigenvalue weighted by Gasteiger charge is -2.51. The molecule has 2 aliphatic rings. The van der Waals surface area contributed by atoms with Gasteiger partial charge in [-0.1, -0.05) is 50.1 Å².